The molecule has 0 fully saturated rings. The lowest BCUT2D eigenvalue weighted by atomic mass is 10.4. The van der Waals surface area contributed by atoms with Crippen molar-refractivity contribution in [2.24, 2.45) is 0 Å². The standard InChI is InChI=1S/C8H8BrClN4/c9-2-4-14-3-1-5-6(10)12-8(11)13-7(5)14/h1,3H,2,4H2,(H2,11,12,13). The van der Waals surface area contributed by atoms with E-state index in [2.05, 4.69) is 25.9 Å². The molecule has 0 radical (unpaired) electrons. The number of nitrogens with two attached hydrogens (primary N) is 1. The first-order valence-corrected chi connectivity index (χ1v) is 5.56. The second-order valence-electron chi connectivity index (χ2n) is 2.81. The van der Waals surface area contributed by atoms with Crippen LogP contribution in [0, 0.1) is 0 Å². The molecule has 74 valence electrons. The molecule has 0 aliphatic rings. The second-order valence-corrected chi connectivity index (χ2v) is 3.96. The molecule has 2 aromatic heterocycles. The van der Waals surface area contributed by atoms with Gasteiger partial charge in [0.15, 0.2) is 0 Å². The van der Waals surface area contributed by atoms with Crippen molar-refractivity contribution in [2.45, 2.75) is 6.54 Å². The SMILES string of the molecule is Nc1nc(Cl)c2ccn(CCBr)c2n1. The van der Waals surface area contributed by atoms with Gasteiger partial charge >= 0.3 is 0 Å². The predicted molar refractivity (Wildman–Crippen MR) is 60.7 cm³/mol. The lowest BCUT2D eigenvalue weighted by Crippen LogP contribution is -2.01. The summed E-state index contributed by atoms with van der Waals surface area (Å²) >= 11 is 9.28. The Morgan fingerprint density at radius 1 is 1.50 bits per heavy atom. The fraction of sp³-hybridized carbons (Fsp3) is 0.250. The Morgan fingerprint density at radius 3 is 3.00 bits per heavy atom. The number of halogens is 2. The van der Waals surface area contributed by atoms with Gasteiger partial charge in [-0.05, 0) is 6.07 Å². The number of alkyl halides is 1. The molecule has 2 heterocycles. The van der Waals surface area contributed by atoms with Crippen molar-refractivity contribution in [1.29, 1.82) is 0 Å². The number of hydrogen-bond acceptors (Lipinski definition) is 3. The van der Waals surface area contributed by atoms with Crippen LogP contribution in [0.1, 0.15) is 0 Å². The maximum Gasteiger partial charge on any atom is 0.223 e. The van der Waals surface area contributed by atoms with Gasteiger partial charge in [-0.3, -0.25) is 0 Å². The number of aromatic nitrogens is 3. The third-order valence-corrected chi connectivity index (χ3v) is 2.56. The van der Waals surface area contributed by atoms with Crippen molar-refractivity contribution < 1.29 is 0 Å². The number of rotatable bonds is 2. The Kier molecular flexibility index (Phi) is 2.60. The van der Waals surface area contributed by atoms with E-state index >= 15 is 0 Å². The lowest BCUT2D eigenvalue weighted by Gasteiger charge is -2.02. The number of nitrogen functional groups attached to an aromatic ring is 1. The molecule has 0 aliphatic carbocycles. The first-order valence-electron chi connectivity index (χ1n) is 4.06. The summed E-state index contributed by atoms with van der Waals surface area (Å²) in [5, 5.41) is 2.10. The zero-order valence-electron chi connectivity index (χ0n) is 7.24. The van der Waals surface area contributed by atoms with Crippen molar-refractivity contribution in [3.63, 3.8) is 0 Å². The van der Waals surface area contributed by atoms with E-state index < -0.39 is 0 Å². The Hall–Kier alpha value is -0.810. The molecule has 2 rings (SSSR count). The first-order chi connectivity index (χ1) is 6.72. The number of anilines is 1. The molecule has 0 amide bonds. The van der Waals surface area contributed by atoms with E-state index in [4.69, 9.17) is 17.3 Å². The molecule has 0 saturated heterocycles. The van der Waals surface area contributed by atoms with Crippen molar-refractivity contribution in [1.82, 2.24) is 14.5 Å². The van der Waals surface area contributed by atoms with Gasteiger partial charge in [0.2, 0.25) is 5.95 Å². The molecule has 2 N–H and O–H groups in total. The summed E-state index contributed by atoms with van der Waals surface area (Å²) in [6.07, 6.45) is 1.92. The van der Waals surface area contributed by atoms with E-state index in [-0.39, 0.29) is 5.95 Å². The average molecular weight is 276 g/mol. The molecular formula is C8H8BrClN4. The molecule has 0 unspecified atom stereocenters. The molecule has 0 atom stereocenters. The summed E-state index contributed by atoms with van der Waals surface area (Å²) in [6.45, 7) is 0.830. The van der Waals surface area contributed by atoms with Crippen LogP contribution in [0.25, 0.3) is 11.0 Å². The van der Waals surface area contributed by atoms with Crippen LogP contribution in [0.4, 0.5) is 5.95 Å². The van der Waals surface area contributed by atoms with Crippen molar-refractivity contribution in [2.75, 3.05) is 11.1 Å². The van der Waals surface area contributed by atoms with E-state index in [0.717, 1.165) is 22.9 Å². The highest BCUT2D eigenvalue weighted by Gasteiger charge is 2.07. The molecule has 4 nitrogen and oxygen atoms in total. The number of nitrogens with zero attached hydrogens (tertiary/aromatic N) is 3. The molecule has 6 heteroatoms. The fourth-order valence-corrected chi connectivity index (χ4v) is 1.93. The van der Waals surface area contributed by atoms with E-state index in [1.807, 2.05) is 16.8 Å². The molecule has 0 bridgehead atoms. The third kappa shape index (κ3) is 1.57. The number of fused-ring (bicyclic) bond motifs is 1. The van der Waals surface area contributed by atoms with Gasteiger partial charge in [0.1, 0.15) is 10.8 Å². The Bertz CT molecular complexity index is 468. The summed E-state index contributed by atoms with van der Waals surface area (Å²) in [4.78, 5) is 8.02. The van der Waals surface area contributed by atoms with E-state index in [0.29, 0.717) is 5.15 Å². The van der Waals surface area contributed by atoms with Crippen LogP contribution < -0.4 is 5.73 Å². The average Bonchev–Trinajstić information content (AvgIpc) is 2.49. The van der Waals surface area contributed by atoms with Gasteiger partial charge in [-0.1, -0.05) is 27.5 Å². The summed E-state index contributed by atoms with van der Waals surface area (Å²) in [5.74, 6) is 0.206. The van der Waals surface area contributed by atoms with Gasteiger partial charge in [-0.25, -0.2) is 4.98 Å². The van der Waals surface area contributed by atoms with Gasteiger partial charge in [0.25, 0.3) is 0 Å². The Morgan fingerprint density at radius 2 is 2.29 bits per heavy atom. The quantitative estimate of drug-likeness (QED) is 0.674. The van der Waals surface area contributed by atoms with Gasteiger partial charge < -0.3 is 10.3 Å². The van der Waals surface area contributed by atoms with Gasteiger partial charge in [0, 0.05) is 18.1 Å². The van der Waals surface area contributed by atoms with E-state index in [1.54, 1.807) is 0 Å². The second kappa shape index (κ2) is 3.74. The molecule has 14 heavy (non-hydrogen) atoms. The molecule has 0 aromatic carbocycles. The fourth-order valence-electron chi connectivity index (χ4n) is 1.32. The van der Waals surface area contributed by atoms with Crippen LogP contribution in [0.2, 0.25) is 5.15 Å². The van der Waals surface area contributed by atoms with Crippen LogP contribution >= 0.6 is 27.5 Å². The van der Waals surface area contributed by atoms with Crippen molar-refractivity contribution >= 4 is 44.5 Å². The topological polar surface area (TPSA) is 56.7 Å². The van der Waals surface area contributed by atoms with Gasteiger partial charge in [-0.15, -0.1) is 0 Å². The summed E-state index contributed by atoms with van der Waals surface area (Å²) in [7, 11) is 0. The predicted octanol–water partition coefficient (Wildman–Crippen LogP) is 2.06. The lowest BCUT2D eigenvalue weighted by molar-refractivity contribution is 0.801. The molecule has 2 aromatic rings. The number of hydrogen-bond donors (Lipinski definition) is 1. The van der Waals surface area contributed by atoms with Crippen LogP contribution in [-0.2, 0) is 6.54 Å². The Labute approximate surface area is 94.2 Å². The maximum absolute atomic E-state index is 5.92. The Balaban J connectivity index is 2.66. The first kappa shape index (κ1) is 9.73. The van der Waals surface area contributed by atoms with Crippen LogP contribution in [0.5, 0.6) is 0 Å². The minimum Gasteiger partial charge on any atom is -0.368 e. The highest BCUT2D eigenvalue weighted by molar-refractivity contribution is 9.09. The third-order valence-electron chi connectivity index (χ3n) is 1.91. The van der Waals surface area contributed by atoms with Gasteiger partial charge in [0.05, 0.1) is 5.39 Å². The zero-order valence-corrected chi connectivity index (χ0v) is 9.59. The van der Waals surface area contributed by atoms with E-state index in [1.165, 1.54) is 0 Å². The minimum atomic E-state index is 0.206. The van der Waals surface area contributed by atoms with Crippen LogP contribution in [0.15, 0.2) is 12.3 Å². The van der Waals surface area contributed by atoms with Crippen molar-refractivity contribution in [3.05, 3.63) is 17.4 Å². The van der Waals surface area contributed by atoms with Crippen LogP contribution in [-0.4, -0.2) is 19.9 Å². The summed E-state index contributed by atoms with van der Waals surface area (Å²) in [5.41, 5.74) is 6.30. The minimum absolute atomic E-state index is 0.206. The zero-order chi connectivity index (χ0) is 10.1. The van der Waals surface area contributed by atoms with Gasteiger partial charge in [-0.2, -0.15) is 4.98 Å². The molecule has 0 aliphatic heterocycles. The molecular weight excluding hydrogens is 267 g/mol. The highest BCUT2D eigenvalue weighted by Crippen LogP contribution is 2.21. The number of aryl methyl sites for hydroxylation is 1. The molecule has 0 spiro atoms. The van der Waals surface area contributed by atoms with Crippen molar-refractivity contribution in [3.8, 4) is 0 Å². The van der Waals surface area contributed by atoms with Crippen LogP contribution in [0.3, 0.4) is 0 Å². The van der Waals surface area contributed by atoms with E-state index in [9.17, 15) is 0 Å². The smallest absolute Gasteiger partial charge is 0.223 e. The summed E-state index contributed by atoms with van der Waals surface area (Å²) in [6, 6.07) is 1.89. The summed E-state index contributed by atoms with van der Waals surface area (Å²) < 4.78 is 1.98. The normalized spacial score (nSPS) is 11.0. The molecule has 0 saturated carbocycles. The maximum atomic E-state index is 5.92. The highest BCUT2D eigenvalue weighted by atomic mass is 79.9. The largest absolute Gasteiger partial charge is 0.368 e. The monoisotopic (exact) mass is 274 g/mol.